The second-order valence-corrected chi connectivity index (χ2v) is 7.35. The van der Waals surface area contributed by atoms with E-state index in [0.29, 0.717) is 6.04 Å². The molecule has 0 spiro atoms. The van der Waals surface area contributed by atoms with Crippen LogP contribution in [0.2, 0.25) is 0 Å². The van der Waals surface area contributed by atoms with Crippen LogP contribution in [0.1, 0.15) is 43.4 Å². The van der Waals surface area contributed by atoms with Crippen molar-refractivity contribution in [3.8, 4) is 0 Å². The van der Waals surface area contributed by atoms with E-state index in [2.05, 4.69) is 33.3 Å². The van der Waals surface area contributed by atoms with Crippen molar-refractivity contribution in [3.63, 3.8) is 0 Å². The Labute approximate surface area is 143 Å². The monoisotopic (exact) mass is 377 g/mol. The Kier molecular flexibility index (Phi) is 5.26. The van der Waals surface area contributed by atoms with Crippen LogP contribution in [0, 0.1) is 6.92 Å². The number of aryl methyl sites for hydroxylation is 1. The summed E-state index contributed by atoms with van der Waals surface area (Å²) in [7, 11) is 0. The van der Waals surface area contributed by atoms with Crippen molar-refractivity contribution >= 4 is 33.5 Å². The van der Waals surface area contributed by atoms with E-state index >= 15 is 0 Å². The zero-order chi connectivity index (χ0) is 15.4. The molecular formula is C17H20BrN3S. The molecule has 116 valence electrons. The highest BCUT2D eigenvalue weighted by Crippen LogP contribution is 2.20. The van der Waals surface area contributed by atoms with Crippen molar-refractivity contribution in [3.05, 3.63) is 50.2 Å². The molecule has 0 atom stereocenters. The first kappa shape index (κ1) is 15.7. The second-order valence-electron chi connectivity index (χ2n) is 5.66. The molecule has 22 heavy (non-hydrogen) atoms. The van der Waals surface area contributed by atoms with Crippen molar-refractivity contribution < 1.29 is 0 Å². The van der Waals surface area contributed by atoms with E-state index in [1.54, 1.807) is 11.3 Å². The minimum Gasteiger partial charge on any atom is -0.254 e. The number of aromatic nitrogens is 1. The van der Waals surface area contributed by atoms with Gasteiger partial charge in [0.1, 0.15) is 0 Å². The van der Waals surface area contributed by atoms with E-state index < -0.39 is 0 Å². The van der Waals surface area contributed by atoms with Crippen LogP contribution in [0.15, 0.2) is 44.2 Å². The maximum Gasteiger partial charge on any atom is 0.206 e. The lowest BCUT2D eigenvalue weighted by atomic mass is 9.96. The summed E-state index contributed by atoms with van der Waals surface area (Å²) in [6.45, 7) is 2.08. The van der Waals surface area contributed by atoms with Gasteiger partial charge in [0.05, 0.1) is 18.0 Å². The topological polar surface area (TPSA) is 29.6 Å². The smallest absolute Gasteiger partial charge is 0.206 e. The quantitative estimate of drug-likeness (QED) is 0.691. The number of hydrogen-bond acceptors (Lipinski definition) is 3. The lowest BCUT2D eigenvalue weighted by Gasteiger charge is -2.16. The average Bonchev–Trinajstić information content (AvgIpc) is 2.88. The number of nitrogens with zero attached hydrogens (tertiary/aromatic N) is 3. The van der Waals surface area contributed by atoms with Crippen LogP contribution in [-0.4, -0.2) is 16.9 Å². The standard InChI is InChI=1S/C17H20BrN3S/c1-13-12-22-17(20-15-8-3-2-4-9-15)21(13)19-11-14-7-5-6-10-16(14)18/h5-7,10-12,15H,2-4,8-9H2,1H3. The maximum absolute atomic E-state index is 4.93. The highest BCUT2D eigenvalue weighted by Gasteiger charge is 2.12. The van der Waals surface area contributed by atoms with Crippen molar-refractivity contribution in [1.29, 1.82) is 0 Å². The lowest BCUT2D eigenvalue weighted by molar-refractivity contribution is 0.435. The van der Waals surface area contributed by atoms with Crippen LogP contribution < -0.4 is 4.80 Å². The summed E-state index contributed by atoms with van der Waals surface area (Å²) in [6, 6.07) is 8.57. The van der Waals surface area contributed by atoms with Gasteiger partial charge in [0.25, 0.3) is 0 Å². The summed E-state index contributed by atoms with van der Waals surface area (Å²) in [4.78, 5) is 5.94. The molecule has 5 heteroatoms. The predicted octanol–water partition coefficient (Wildman–Crippen LogP) is 4.74. The van der Waals surface area contributed by atoms with E-state index in [4.69, 9.17) is 4.99 Å². The zero-order valence-electron chi connectivity index (χ0n) is 12.7. The molecule has 1 heterocycles. The molecule has 1 saturated carbocycles. The van der Waals surface area contributed by atoms with Gasteiger partial charge in [0, 0.05) is 15.4 Å². The van der Waals surface area contributed by atoms with Crippen LogP contribution in [-0.2, 0) is 0 Å². The van der Waals surface area contributed by atoms with Crippen molar-refractivity contribution in [2.24, 2.45) is 10.1 Å². The summed E-state index contributed by atoms with van der Waals surface area (Å²) in [5.41, 5.74) is 2.20. The third-order valence-corrected chi connectivity index (χ3v) is 5.61. The third-order valence-electron chi connectivity index (χ3n) is 3.94. The normalized spacial score (nSPS) is 17.5. The molecule has 0 saturated heterocycles. The molecule has 0 N–H and O–H groups in total. The molecule has 0 amide bonds. The molecule has 1 fully saturated rings. The Morgan fingerprint density at radius 2 is 2.00 bits per heavy atom. The van der Waals surface area contributed by atoms with Crippen molar-refractivity contribution in [1.82, 2.24) is 4.68 Å². The Morgan fingerprint density at radius 1 is 1.23 bits per heavy atom. The minimum absolute atomic E-state index is 0.469. The van der Waals surface area contributed by atoms with Crippen LogP contribution >= 0.6 is 27.3 Å². The molecule has 0 unspecified atom stereocenters. The molecule has 3 nitrogen and oxygen atoms in total. The van der Waals surface area contributed by atoms with Crippen LogP contribution in [0.3, 0.4) is 0 Å². The predicted molar refractivity (Wildman–Crippen MR) is 96.6 cm³/mol. The molecule has 1 aromatic heterocycles. The van der Waals surface area contributed by atoms with E-state index in [1.807, 2.05) is 35.2 Å². The van der Waals surface area contributed by atoms with Gasteiger partial charge in [0.2, 0.25) is 4.80 Å². The number of hydrogen-bond donors (Lipinski definition) is 0. The highest BCUT2D eigenvalue weighted by molar-refractivity contribution is 9.10. The van der Waals surface area contributed by atoms with Gasteiger partial charge in [-0.05, 0) is 25.8 Å². The fourth-order valence-electron chi connectivity index (χ4n) is 2.68. The lowest BCUT2D eigenvalue weighted by Crippen LogP contribution is -2.19. The van der Waals surface area contributed by atoms with Gasteiger partial charge in [-0.3, -0.25) is 4.99 Å². The minimum atomic E-state index is 0.469. The Balaban J connectivity index is 1.89. The van der Waals surface area contributed by atoms with Gasteiger partial charge >= 0.3 is 0 Å². The first-order valence-electron chi connectivity index (χ1n) is 7.74. The van der Waals surface area contributed by atoms with Crippen LogP contribution in [0.5, 0.6) is 0 Å². The van der Waals surface area contributed by atoms with Crippen LogP contribution in [0.25, 0.3) is 0 Å². The van der Waals surface area contributed by atoms with Gasteiger partial charge < -0.3 is 0 Å². The van der Waals surface area contributed by atoms with Gasteiger partial charge in [-0.25, -0.2) is 4.68 Å². The summed E-state index contributed by atoms with van der Waals surface area (Å²) >= 11 is 5.24. The Hall–Kier alpha value is -1.20. The molecule has 1 aromatic carbocycles. The second kappa shape index (κ2) is 7.38. The molecule has 0 aliphatic heterocycles. The van der Waals surface area contributed by atoms with Crippen LogP contribution in [0.4, 0.5) is 0 Å². The van der Waals surface area contributed by atoms with Crippen molar-refractivity contribution in [2.75, 3.05) is 0 Å². The van der Waals surface area contributed by atoms with E-state index in [0.717, 1.165) is 20.5 Å². The van der Waals surface area contributed by atoms with Crippen molar-refractivity contribution in [2.45, 2.75) is 45.1 Å². The molecule has 0 bridgehead atoms. The van der Waals surface area contributed by atoms with E-state index in [9.17, 15) is 0 Å². The fourth-order valence-corrected chi connectivity index (χ4v) is 3.94. The highest BCUT2D eigenvalue weighted by atomic mass is 79.9. The third kappa shape index (κ3) is 3.76. The number of halogens is 1. The molecule has 1 aliphatic rings. The summed E-state index contributed by atoms with van der Waals surface area (Å²) in [5, 5.41) is 6.76. The molecular weight excluding hydrogens is 358 g/mol. The zero-order valence-corrected chi connectivity index (χ0v) is 15.1. The first-order valence-corrected chi connectivity index (χ1v) is 9.41. The van der Waals surface area contributed by atoms with E-state index in [-0.39, 0.29) is 0 Å². The van der Waals surface area contributed by atoms with Gasteiger partial charge in [-0.2, -0.15) is 5.10 Å². The fraction of sp³-hybridized carbons (Fsp3) is 0.412. The summed E-state index contributed by atoms with van der Waals surface area (Å²) in [5.74, 6) is 0. The SMILES string of the molecule is Cc1csc(=NC2CCCCC2)n1N=Cc1ccccc1Br. The number of thiazole rings is 1. The first-order chi connectivity index (χ1) is 10.7. The Morgan fingerprint density at radius 3 is 2.77 bits per heavy atom. The summed E-state index contributed by atoms with van der Waals surface area (Å²) < 4.78 is 3.01. The summed E-state index contributed by atoms with van der Waals surface area (Å²) in [6.07, 6.45) is 8.28. The molecule has 3 rings (SSSR count). The molecule has 1 aliphatic carbocycles. The Bertz CT molecular complexity index is 724. The van der Waals surface area contributed by atoms with Gasteiger partial charge in [-0.15, -0.1) is 11.3 Å². The maximum atomic E-state index is 4.93. The molecule has 2 aromatic rings. The number of rotatable bonds is 3. The average molecular weight is 378 g/mol. The van der Waals surface area contributed by atoms with Gasteiger partial charge in [0.15, 0.2) is 0 Å². The number of benzene rings is 1. The van der Waals surface area contributed by atoms with E-state index in [1.165, 1.54) is 32.1 Å². The molecule has 0 radical (unpaired) electrons. The largest absolute Gasteiger partial charge is 0.254 e. The van der Waals surface area contributed by atoms with Gasteiger partial charge in [-0.1, -0.05) is 53.4 Å².